The van der Waals surface area contributed by atoms with E-state index in [0.29, 0.717) is 5.92 Å². The predicted octanol–water partition coefficient (Wildman–Crippen LogP) is 4.08. The molecule has 0 saturated heterocycles. The lowest BCUT2D eigenvalue weighted by atomic mass is 9.92. The molecule has 0 amide bonds. The normalized spacial score (nSPS) is 14.3. The number of nitrogen functional groups attached to an aromatic ring is 1. The Kier molecular flexibility index (Phi) is 2.98. The summed E-state index contributed by atoms with van der Waals surface area (Å²) in [4.78, 5) is 20.1. The van der Waals surface area contributed by atoms with Crippen molar-refractivity contribution in [2.45, 2.75) is 18.8 Å². The molecular formula is C22H17N5O. The zero-order valence-corrected chi connectivity index (χ0v) is 15.0. The second kappa shape index (κ2) is 5.42. The van der Waals surface area contributed by atoms with E-state index in [9.17, 15) is 4.79 Å². The van der Waals surface area contributed by atoms with Crippen molar-refractivity contribution in [1.82, 2.24) is 20.2 Å². The third-order valence-corrected chi connectivity index (χ3v) is 5.76. The van der Waals surface area contributed by atoms with Crippen LogP contribution in [-0.4, -0.2) is 20.2 Å². The van der Waals surface area contributed by atoms with Crippen LogP contribution in [0.5, 0.6) is 0 Å². The van der Waals surface area contributed by atoms with Gasteiger partial charge in [-0.1, -0.05) is 12.1 Å². The standard InChI is InChI=1S/C22H17N5O/c23-20-19(12-2-1-3-18-17(12)10-25-27-18)15-8-14(11-4-5-11)16-9-24-7-6-13(16)21(15)26-22(20)28/h1-3,6-11H,4-5,23H2,(H,25,27)(H,26,28). The Morgan fingerprint density at radius 3 is 2.79 bits per heavy atom. The lowest BCUT2D eigenvalue weighted by molar-refractivity contribution is 1.12. The molecule has 6 rings (SSSR count). The molecule has 1 fully saturated rings. The Morgan fingerprint density at radius 1 is 1.04 bits per heavy atom. The van der Waals surface area contributed by atoms with Gasteiger partial charge in [0.1, 0.15) is 5.69 Å². The molecule has 0 aliphatic heterocycles. The van der Waals surface area contributed by atoms with Gasteiger partial charge in [0.25, 0.3) is 5.56 Å². The molecule has 1 aliphatic carbocycles. The highest BCUT2D eigenvalue weighted by Gasteiger charge is 2.27. The number of hydrogen-bond donors (Lipinski definition) is 3. The van der Waals surface area contributed by atoms with Crippen molar-refractivity contribution in [3.8, 4) is 11.1 Å². The first-order valence-corrected chi connectivity index (χ1v) is 9.37. The average molecular weight is 367 g/mol. The maximum Gasteiger partial charge on any atom is 0.272 e. The van der Waals surface area contributed by atoms with Gasteiger partial charge in [-0.25, -0.2) is 0 Å². The summed E-state index contributed by atoms with van der Waals surface area (Å²) >= 11 is 0. The van der Waals surface area contributed by atoms with Gasteiger partial charge in [-0.05, 0) is 48.1 Å². The molecule has 0 radical (unpaired) electrons. The highest BCUT2D eigenvalue weighted by atomic mass is 16.1. The summed E-state index contributed by atoms with van der Waals surface area (Å²) < 4.78 is 0. The zero-order chi connectivity index (χ0) is 18.8. The van der Waals surface area contributed by atoms with Gasteiger partial charge in [-0.3, -0.25) is 14.9 Å². The minimum absolute atomic E-state index is 0.233. The molecule has 0 atom stereocenters. The van der Waals surface area contributed by atoms with Crippen LogP contribution in [0.2, 0.25) is 0 Å². The summed E-state index contributed by atoms with van der Waals surface area (Å²) in [7, 11) is 0. The monoisotopic (exact) mass is 367 g/mol. The van der Waals surface area contributed by atoms with E-state index in [1.807, 2.05) is 30.5 Å². The molecule has 3 heterocycles. The van der Waals surface area contributed by atoms with Crippen LogP contribution in [0.1, 0.15) is 24.3 Å². The van der Waals surface area contributed by atoms with E-state index < -0.39 is 0 Å². The van der Waals surface area contributed by atoms with Crippen LogP contribution < -0.4 is 11.3 Å². The highest BCUT2D eigenvalue weighted by molar-refractivity contribution is 6.15. The second-order valence-electron chi connectivity index (χ2n) is 7.46. The van der Waals surface area contributed by atoms with Crippen LogP contribution in [0.15, 0.2) is 53.7 Å². The molecule has 5 aromatic rings. The van der Waals surface area contributed by atoms with Gasteiger partial charge < -0.3 is 10.7 Å². The van der Waals surface area contributed by atoms with Gasteiger partial charge in [0.15, 0.2) is 0 Å². The lowest BCUT2D eigenvalue weighted by Crippen LogP contribution is -2.14. The number of nitrogens with one attached hydrogen (secondary N) is 2. The summed E-state index contributed by atoms with van der Waals surface area (Å²) in [5.41, 5.74) is 11.0. The number of aromatic nitrogens is 4. The Morgan fingerprint density at radius 2 is 1.93 bits per heavy atom. The van der Waals surface area contributed by atoms with E-state index in [-0.39, 0.29) is 11.2 Å². The smallest absolute Gasteiger partial charge is 0.272 e. The van der Waals surface area contributed by atoms with Crippen LogP contribution in [0.3, 0.4) is 0 Å². The van der Waals surface area contributed by atoms with Gasteiger partial charge in [0, 0.05) is 39.5 Å². The molecule has 1 aliphatic rings. The molecule has 0 unspecified atom stereocenters. The number of aromatic amines is 2. The topological polar surface area (TPSA) is 100 Å². The minimum atomic E-state index is -0.278. The van der Waals surface area contributed by atoms with E-state index in [1.54, 1.807) is 12.4 Å². The number of nitrogens with two attached hydrogens (primary N) is 1. The van der Waals surface area contributed by atoms with Gasteiger partial charge in [0.2, 0.25) is 0 Å². The number of H-pyrrole nitrogens is 2. The third-order valence-electron chi connectivity index (χ3n) is 5.76. The quantitative estimate of drug-likeness (QED) is 0.409. The van der Waals surface area contributed by atoms with Crippen LogP contribution in [0.25, 0.3) is 43.7 Å². The third kappa shape index (κ3) is 2.05. The maximum atomic E-state index is 12.8. The van der Waals surface area contributed by atoms with Gasteiger partial charge in [-0.2, -0.15) is 5.10 Å². The SMILES string of the molecule is Nc1c(-c2cccc3[nH]ncc23)c2cc(C3CC3)c3cnccc3c2[nH]c1=O. The average Bonchev–Trinajstić information content (AvgIpc) is 3.44. The molecule has 6 heteroatoms. The Labute approximate surface area is 159 Å². The van der Waals surface area contributed by atoms with Gasteiger partial charge in [0.05, 0.1) is 17.2 Å². The van der Waals surface area contributed by atoms with Crippen molar-refractivity contribution in [3.05, 3.63) is 64.8 Å². The van der Waals surface area contributed by atoms with E-state index in [4.69, 9.17) is 5.73 Å². The van der Waals surface area contributed by atoms with Crippen LogP contribution >= 0.6 is 0 Å². The predicted molar refractivity (Wildman–Crippen MR) is 111 cm³/mol. The fourth-order valence-corrected chi connectivity index (χ4v) is 4.27. The minimum Gasteiger partial charge on any atom is -0.394 e. The van der Waals surface area contributed by atoms with E-state index in [0.717, 1.165) is 43.7 Å². The summed E-state index contributed by atoms with van der Waals surface area (Å²) in [6.07, 6.45) is 7.81. The molecule has 1 saturated carbocycles. The Hall–Kier alpha value is -3.67. The molecule has 0 spiro atoms. The van der Waals surface area contributed by atoms with Crippen molar-refractivity contribution in [2.75, 3.05) is 5.73 Å². The zero-order valence-electron chi connectivity index (χ0n) is 15.0. The van der Waals surface area contributed by atoms with Crippen LogP contribution in [0, 0.1) is 0 Å². The number of benzene rings is 2. The summed E-state index contributed by atoms with van der Waals surface area (Å²) in [5.74, 6) is 0.543. The van der Waals surface area contributed by atoms with Crippen LogP contribution in [0.4, 0.5) is 5.69 Å². The van der Waals surface area contributed by atoms with Crippen molar-refractivity contribution < 1.29 is 0 Å². The summed E-state index contributed by atoms with van der Waals surface area (Å²) in [6, 6.07) is 10.1. The number of nitrogens with zero attached hydrogens (tertiary/aromatic N) is 2. The second-order valence-corrected chi connectivity index (χ2v) is 7.46. The number of rotatable bonds is 2. The highest BCUT2D eigenvalue weighted by Crippen LogP contribution is 2.46. The first-order chi connectivity index (χ1) is 13.7. The van der Waals surface area contributed by atoms with Gasteiger partial charge >= 0.3 is 0 Å². The Balaban J connectivity index is 1.84. The first kappa shape index (κ1) is 15.4. The maximum absolute atomic E-state index is 12.8. The van der Waals surface area contributed by atoms with E-state index in [1.165, 1.54) is 18.4 Å². The molecule has 136 valence electrons. The van der Waals surface area contributed by atoms with Crippen molar-refractivity contribution in [3.63, 3.8) is 0 Å². The molecular weight excluding hydrogens is 350 g/mol. The first-order valence-electron chi connectivity index (χ1n) is 9.37. The molecule has 4 N–H and O–H groups in total. The molecule has 0 bridgehead atoms. The molecule has 2 aromatic carbocycles. The Bertz CT molecular complexity index is 1460. The number of fused-ring (bicyclic) bond motifs is 4. The molecule has 28 heavy (non-hydrogen) atoms. The van der Waals surface area contributed by atoms with Crippen LogP contribution in [-0.2, 0) is 0 Å². The number of pyridine rings is 2. The molecule has 6 nitrogen and oxygen atoms in total. The van der Waals surface area contributed by atoms with Gasteiger partial charge in [-0.15, -0.1) is 0 Å². The lowest BCUT2D eigenvalue weighted by Gasteiger charge is -2.15. The number of hydrogen-bond acceptors (Lipinski definition) is 4. The van der Waals surface area contributed by atoms with E-state index >= 15 is 0 Å². The summed E-state index contributed by atoms with van der Waals surface area (Å²) in [5, 5.41) is 11.2. The van der Waals surface area contributed by atoms with Crippen molar-refractivity contribution in [2.24, 2.45) is 0 Å². The largest absolute Gasteiger partial charge is 0.394 e. The fourth-order valence-electron chi connectivity index (χ4n) is 4.27. The number of anilines is 1. The van der Waals surface area contributed by atoms with Crippen molar-refractivity contribution in [1.29, 1.82) is 0 Å². The van der Waals surface area contributed by atoms with Crippen molar-refractivity contribution >= 4 is 38.3 Å². The fraction of sp³-hybridized carbons (Fsp3) is 0.136. The van der Waals surface area contributed by atoms with E-state index in [2.05, 4.69) is 26.2 Å². The molecule has 3 aromatic heterocycles. The summed E-state index contributed by atoms with van der Waals surface area (Å²) in [6.45, 7) is 0.